The minimum Gasteiger partial charge on any atom is -0.465 e. The number of thiophene rings is 1. The molecule has 2 N–H and O–H groups in total. The Morgan fingerprint density at radius 3 is 2.81 bits per heavy atom. The molecule has 0 aliphatic heterocycles. The molecule has 32 heavy (non-hydrogen) atoms. The third kappa shape index (κ3) is 4.91. The summed E-state index contributed by atoms with van der Waals surface area (Å²) in [6.07, 6.45) is 4.42. The van der Waals surface area contributed by atoms with E-state index in [0.29, 0.717) is 39.0 Å². The number of nitrogens with zero attached hydrogens (tertiary/aromatic N) is 3. The summed E-state index contributed by atoms with van der Waals surface area (Å²) in [4.78, 5) is 17.9. The van der Waals surface area contributed by atoms with Gasteiger partial charge in [-0.2, -0.15) is 0 Å². The van der Waals surface area contributed by atoms with Crippen molar-refractivity contribution in [2.24, 2.45) is 5.92 Å². The predicted octanol–water partition coefficient (Wildman–Crippen LogP) is 5.42. The lowest BCUT2D eigenvalue weighted by Crippen LogP contribution is -2.21. The molecule has 3 aromatic rings. The quantitative estimate of drug-likeness (QED) is 0.351. The summed E-state index contributed by atoms with van der Waals surface area (Å²) in [5, 5.41) is 12.6. The third-order valence-corrected chi connectivity index (χ3v) is 7.35. The van der Waals surface area contributed by atoms with Gasteiger partial charge in [0.15, 0.2) is 5.11 Å². The van der Waals surface area contributed by atoms with Crippen molar-refractivity contribution in [1.82, 2.24) is 14.8 Å². The number of rotatable bonds is 5. The maximum atomic E-state index is 12.5. The van der Waals surface area contributed by atoms with E-state index >= 15 is 0 Å². The van der Waals surface area contributed by atoms with E-state index in [1.807, 2.05) is 0 Å². The summed E-state index contributed by atoms with van der Waals surface area (Å²) in [6, 6.07) is 5.34. The van der Waals surface area contributed by atoms with E-state index in [0.717, 1.165) is 30.4 Å². The fraction of sp³-hybridized carbons (Fsp3) is 0.333. The Kier molecular flexibility index (Phi) is 6.99. The summed E-state index contributed by atoms with van der Waals surface area (Å²) in [5.74, 6) is 0.547. The standard InChI is InChI=1S/C21H21Cl2N5O2S2/c1-11-6-7-12-16(8-11)32-18(17(12)19(29)30-2)25-21(31)26-20-24-10-28(27-20)9-13-14(22)4-3-5-15(13)23/h3-5,10-11H,6-9H2,1-2H3,(H2,25,26,27,31). The Labute approximate surface area is 205 Å². The smallest absolute Gasteiger partial charge is 0.341 e. The maximum Gasteiger partial charge on any atom is 0.341 e. The van der Waals surface area contributed by atoms with Gasteiger partial charge in [0.05, 0.1) is 19.2 Å². The number of fused-ring (bicyclic) bond motifs is 1. The Balaban J connectivity index is 1.47. The highest BCUT2D eigenvalue weighted by atomic mass is 35.5. The van der Waals surface area contributed by atoms with Crippen LogP contribution in [0, 0.1) is 5.92 Å². The van der Waals surface area contributed by atoms with Crippen LogP contribution >= 0.6 is 46.8 Å². The molecule has 0 bridgehead atoms. The normalized spacial score (nSPS) is 15.2. The van der Waals surface area contributed by atoms with Gasteiger partial charge < -0.3 is 10.1 Å². The van der Waals surface area contributed by atoms with Crippen LogP contribution in [0.25, 0.3) is 0 Å². The average molecular weight is 510 g/mol. The number of thiocarbonyl (C=S) groups is 1. The van der Waals surface area contributed by atoms with Gasteiger partial charge in [-0.05, 0) is 55.1 Å². The van der Waals surface area contributed by atoms with Gasteiger partial charge >= 0.3 is 5.97 Å². The molecule has 0 saturated carbocycles. The summed E-state index contributed by atoms with van der Waals surface area (Å²) in [7, 11) is 1.39. The van der Waals surface area contributed by atoms with Crippen LogP contribution in [0.1, 0.15) is 39.7 Å². The Morgan fingerprint density at radius 1 is 1.34 bits per heavy atom. The highest BCUT2D eigenvalue weighted by molar-refractivity contribution is 7.80. The first kappa shape index (κ1) is 23.0. The molecule has 1 aromatic carbocycles. The fourth-order valence-electron chi connectivity index (χ4n) is 3.67. The van der Waals surface area contributed by atoms with Crippen LogP contribution in [-0.4, -0.2) is 33.0 Å². The van der Waals surface area contributed by atoms with Gasteiger partial charge in [0.2, 0.25) is 5.95 Å². The summed E-state index contributed by atoms with van der Waals surface area (Å²) in [6.45, 7) is 2.59. The summed E-state index contributed by atoms with van der Waals surface area (Å²) >= 11 is 19.5. The molecule has 0 fully saturated rings. The molecule has 1 atom stereocenters. The molecule has 0 radical (unpaired) electrons. The van der Waals surface area contributed by atoms with E-state index in [-0.39, 0.29) is 11.1 Å². The highest BCUT2D eigenvalue weighted by Crippen LogP contribution is 2.40. The van der Waals surface area contributed by atoms with E-state index < -0.39 is 0 Å². The number of nitrogens with one attached hydrogen (secondary N) is 2. The fourth-order valence-corrected chi connectivity index (χ4v) is 5.84. The molecular formula is C21H21Cl2N5O2S2. The van der Waals surface area contributed by atoms with Crippen molar-refractivity contribution < 1.29 is 9.53 Å². The summed E-state index contributed by atoms with van der Waals surface area (Å²) < 4.78 is 6.64. The molecule has 4 rings (SSSR count). The van der Waals surface area contributed by atoms with Gasteiger partial charge in [-0.25, -0.2) is 14.5 Å². The van der Waals surface area contributed by atoms with Crippen molar-refractivity contribution >= 4 is 68.8 Å². The zero-order valence-corrected chi connectivity index (χ0v) is 20.6. The van der Waals surface area contributed by atoms with Crippen molar-refractivity contribution in [1.29, 1.82) is 0 Å². The molecule has 2 aromatic heterocycles. The van der Waals surface area contributed by atoms with Crippen LogP contribution in [0.3, 0.4) is 0 Å². The molecule has 0 amide bonds. The molecule has 1 unspecified atom stereocenters. The van der Waals surface area contributed by atoms with Crippen molar-refractivity contribution in [3.8, 4) is 0 Å². The number of anilines is 2. The van der Waals surface area contributed by atoms with Crippen LogP contribution in [0.4, 0.5) is 10.9 Å². The molecule has 7 nitrogen and oxygen atoms in total. The lowest BCUT2D eigenvalue weighted by Gasteiger charge is -2.18. The van der Waals surface area contributed by atoms with E-state index in [2.05, 4.69) is 27.6 Å². The van der Waals surface area contributed by atoms with Crippen molar-refractivity contribution in [3.05, 3.63) is 56.1 Å². The number of carbonyl (C=O) groups is 1. The minimum absolute atomic E-state index is 0.287. The second-order valence-electron chi connectivity index (χ2n) is 7.59. The lowest BCUT2D eigenvalue weighted by atomic mass is 9.88. The third-order valence-electron chi connectivity index (χ3n) is 5.27. The van der Waals surface area contributed by atoms with Gasteiger partial charge in [0.1, 0.15) is 11.3 Å². The van der Waals surface area contributed by atoms with Gasteiger partial charge in [0, 0.05) is 20.5 Å². The zero-order valence-electron chi connectivity index (χ0n) is 17.4. The summed E-state index contributed by atoms with van der Waals surface area (Å²) in [5.41, 5.74) is 2.38. The monoisotopic (exact) mass is 509 g/mol. The number of methoxy groups -OCH3 is 1. The van der Waals surface area contributed by atoms with Crippen LogP contribution in [0.5, 0.6) is 0 Å². The number of benzene rings is 1. The van der Waals surface area contributed by atoms with Crippen molar-refractivity contribution in [3.63, 3.8) is 0 Å². The van der Waals surface area contributed by atoms with E-state index in [4.69, 9.17) is 40.2 Å². The van der Waals surface area contributed by atoms with Gasteiger partial charge in [-0.15, -0.1) is 16.4 Å². The topological polar surface area (TPSA) is 81.1 Å². The largest absolute Gasteiger partial charge is 0.465 e. The minimum atomic E-state index is -0.360. The second-order valence-corrected chi connectivity index (χ2v) is 9.92. The predicted molar refractivity (Wildman–Crippen MR) is 132 cm³/mol. The van der Waals surface area contributed by atoms with Gasteiger partial charge in [-0.1, -0.05) is 36.2 Å². The van der Waals surface area contributed by atoms with Crippen molar-refractivity contribution in [2.45, 2.75) is 32.7 Å². The van der Waals surface area contributed by atoms with Gasteiger partial charge in [0.25, 0.3) is 0 Å². The molecule has 0 saturated heterocycles. The van der Waals surface area contributed by atoms with Crippen molar-refractivity contribution in [2.75, 3.05) is 17.7 Å². The molecule has 168 valence electrons. The molecule has 11 heteroatoms. The second kappa shape index (κ2) is 9.74. The van der Waals surface area contributed by atoms with Crippen LogP contribution < -0.4 is 10.6 Å². The maximum absolute atomic E-state index is 12.5. The Bertz CT molecular complexity index is 1160. The van der Waals surface area contributed by atoms with E-state index in [9.17, 15) is 4.79 Å². The van der Waals surface area contributed by atoms with Crippen LogP contribution in [-0.2, 0) is 24.1 Å². The molecule has 0 spiro atoms. The number of aromatic nitrogens is 3. The molecule has 1 aliphatic carbocycles. The Hall–Kier alpha value is -2.20. The lowest BCUT2D eigenvalue weighted by molar-refractivity contribution is 0.0601. The first-order valence-corrected chi connectivity index (χ1v) is 12.0. The van der Waals surface area contributed by atoms with E-state index in [1.54, 1.807) is 40.5 Å². The SMILES string of the molecule is COC(=O)c1c(NC(=S)Nc2ncn(Cc3c(Cl)cccc3Cl)n2)sc2c1CCC(C)C2. The highest BCUT2D eigenvalue weighted by Gasteiger charge is 2.28. The number of halogens is 2. The molecular weight excluding hydrogens is 489 g/mol. The first-order valence-electron chi connectivity index (χ1n) is 9.99. The Morgan fingerprint density at radius 2 is 2.09 bits per heavy atom. The number of esters is 1. The average Bonchev–Trinajstić information content (AvgIpc) is 3.33. The number of hydrogen-bond donors (Lipinski definition) is 2. The first-order chi connectivity index (χ1) is 15.4. The van der Waals surface area contributed by atoms with E-state index in [1.165, 1.54) is 12.0 Å². The number of carbonyl (C=O) groups excluding carboxylic acids is 1. The zero-order chi connectivity index (χ0) is 22.8. The number of ether oxygens (including phenoxy) is 1. The number of hydrogen-bond acceptors (Lipinski definition) is 6. The molecule has 1 aliphatic rings. The van der Waals surface area contributed by atoms with Gasteiger partial charge in [-0.3, -0.25) is 5.32 Å². The van der Waals surface area contributed by atoms with Crippen LogP contribution in [0.2, 0.25) is 10.0 Å². The molecule has 2 heterocycles. The van der Waals surface area contributed by atoms with Crippen LogP contribution in [0.15, 0.2) is 24.5 Å².